The largest absolute Gasteiger partial charge is 0.467 e. The maximum absolute atomic E-state index is 12.9. The number of carbonyl (C=O) groups excluding carboxylic acids is 2. The first kappa shape index (κ1) is 18.9. The zero-order chi connectivity index (χ0) is 20.5. The van der Waals surface area contributed by atoms with Gasteiger partial charge in [-0.1, -0.05) is 0 Å². The first-order valence-electron chi connectivity index (χ1n) is 9.37. The summed E-state index contributed by atoms with van der Waals surface area (Å²) in [5, 5.41) is 16.7. The minimum absolute atomic E-state index is 0.0110. The van der Waals surface area contributed by atoms with Gasteiger partial charge in [-0.05, 0) is 42.7 Å². The average molecular weight is 396 g/mol. The second-order valence-electron chi connectivity index (χ2n) is 7.29. The Hall–Kier alpha value is -3.49. The van der Waals surface area contributed by atoms with Crippen LogP contribution >= 0.6 is 0 Å². The van der Waals surface area contributed by atoms with Crippen LogP contribution in [0.25, 0.3) is 0 Å². The van der Waals surface area contributed by atoms with Gasteiger partial charge in [0.15, 0.2) is 0 Å². The molecule has 1 aliphatic heterocycles. The lowest BCUT2D eigenvalue weighted by Crippen LogP contribution is -2.39. The number of likely N-dealkylation sites (N-methyl/N-ethyl adjacent to an activating group) is 1. The third kappa shape index (κ3) is 3.89. The second kappa shape index (κ2) is 7.50. The van der Waals surface area contributed by atoms with Gasteiger partial charge in [0.25, 0.3) is 11.6 Å². The van der Waals surface area contributed by atoms with Gasteiger partial charge >= 0.3 is 0 Å². The molecule has 1 atom stereocenters. The van der Waals surface area contributed by atoms with Crippen molar-refractivity contribution in [3.05, 3.63) is 64.1 Å². The van der Waals surface area contributed by atoms with Crippen LogP contribution < -0.4 is 0 Å². The molecule has 2 aliphatic rings. The van der Waals surface area contributed by atoms with Crippen LogP contribution in [0.2, 0.25) is 0 Å². The fourth-order valence-electron chi connectivity index (χ4n) is 3.39. The van der Waals surface area contributed by atoms with Gasteiger partial charge in [-0.2, -0.15) is 5.10 Å². The summed E-state index contributed by atoms with van der Waals surface area (Å²) >= 11 is 0. The minimum atomic E-state index is -0.464. The monoisotopic (exact) mass is 396 g/mol. The number of benzene rings is 1. The average Bonchev–Trinajstić information content (AvgIpc) is 3.23. The molecule has 1 saturated carbocycles. The van der Waals surface area contributed by atoms with Crippen LogP contribution in [-0.4, -0.2) is 46.0 Å². The highest BCUT2D eigenvalue weighted by molar-refractivity contribution is 6.03. The zero-order valence-electron chi connectivity index (χ0n) is 15.9. The Morgan fingerprint density at radius 3 is 2.59 bits per heavy atom. The third-order valence-electron chi connectivity index (χ3n) is 5.12. The number of furan rings is 1. The van der Waals surface area contributed by atoms with E-state index in [0.29, 0.717) is 23.5 Å². The standard InChI is InChI=1S/C20H20N4O5/c1-22(20(26)14-4-5-14)12-19(25)23-17(18-3-2-10-29-18)11-16(21-23)13-6-8-15(9-7-13)24(27)28/h2-3,6-10,14,17H,4-5,11-12H2,1H3. The molecule has 1 aromatic heterocycles. The Morgan fingerprint density at radius 2 is 2.00 bits per heavy atom. The van der Waals surface area contributed by atoms with Crippen molar-refractivity contribution >= 4 is 23.2 Å². The molecule has 1 unspecified atom stereocenters. The highest BCUT2D eigenvalue weighted by Gasteiger charge is 2.37. The number of carbonyl (C=O) groups is 2. The van der Waals surface area contributed by atoms with Crippen molar-refractivity contribution in [2.45, 2.75) is 25.3 Å². The predicted octanol–water partition coefficient (Wildman–Crippen LogP) is 2.73. The number of nitro benzene ring substituents is 1. The number of nitro groups is 1. The highest BCUT2D eigenvalue weighted by atomic mass is 16.6. The smallest absolute Gasteiger partial charge is 0.269 e. The van der Waals surface area contributed by atoms with Gasteiger partial charge in [-0.15, -0.1) is 0 Å². The van der Waals surface area contributed by atoms with Crippen LogP contribution in [-0.2, 0) is 9.59 Å². The lowest BCUT2D eigenvalue weighted by molar-refractivity contribution is -0.384. The van der Waals surface area contributed by atoms with E-state index in [1.54, 1.807) is 31.3 Å². The maximum atomic E-state index is 12.9. The first-order valence-corrected chi connectivity index (χ1v) is 9.37. The van der Waals surface area contributed by atoms with E-state index in [1.807, 2.05) is 0 Å². The summed E-state index contributed by atoms with van der Waals surface area (Å²) in [5.74, 6) is 0.299. The number of hydrazone groups is 1. The molecule has 0 saturated heterocycles. The van der Waals surface area contributed by atoms with E-state index in [-0.39, 0.29) is 30.0 Å². The molecule has 1 fully saturated rings. The van der Waals surface area contributed by atoms with Gasteiger partial charge < -0.3 is 9.32 Å². The summed E-state index contributed by atoms with van der Waals surface area (Å²) in [6, 6.07) is 9.15. The molecule has 9 nitrogen and oxygen atoms in total. The second-order valence-corrected chi connectivity index (χ2v) is 7.29. The quantitative estimate of drug-likeness (QED) is 0.551. The van der Waals surface area contributed by atoms with Crippen molar-refractivity contribution in [2.75, 3.05) is 13.6 Å². The van der Waals surface area contributed by atoms with E-state index < -0.39 is 11.0 Å². The lowest BCUT2D eigenvalue weighted by Gasteiger charge is -2.23. The number of amides is 2. The van der Waals surface area contributed by atoms with Crippen LogP contribution in [0.5, 0.6) is 0 Å². The van der Waals surface area contributed by atoms with Crippen molar-refractivity contribution < 1.29 is 18.9 Å². The van der Waals surface area contributed by atoms with Gasteiger partial charge in [-0.25, -0.2) is 5.01 Å². The van der Waals surface area contributed by atoms with Crippen molar-refractivity contribution in [1.82, 2.24) is 9.91 Å². The van der Waals surface area contributed by atoms with E-state index in [2.05, 4.69) is 5.10 Å². The first-order chi connectivity index (χ1) is 13.9. The van der Waals surface area contributed by atoms with Crippen molar-refractivity contribution in [3.63, 3.8) is 0 Å². The molecule has 2 aromatic rings. The molecule has 4 rings (SSSR count). The van der Waals surface area contributed by atoms with Crippen LogP contribution in [0, 0.1) is 16.0 Å². The number of rotatable bonds is 6. The Balaban J connectivity index is 1.56. The van der Waals surface area contributed by atoms with Crippen LogP contribution in [0.4, 0.5) is 5.69 Å². The molecule has 0 spiro atoms. The summed E-state index contributed by atoms with van der Waals surface area (Å²) in [6.45, 7) is -0.0659. The van der Waals surface area contributed by atoms with Crippen LogP contribution in [0.1, 0.15) is 36.6 Å². The molecular formula is C20H20N4O5. The van der Waals surface area contributed by atoms with E-state index in [1.165, 1.54) is 28.3 Å². The van der Waals surface area contributed by atoms with Gasteiger partial charge in [0, 0.05) is 31.5 Å². The molecule has 1 aliphatic carbocycles. The SMILES string of the molecule is CN(CC(=O)N1N=C(c2ccc([N+](=O)[O-])cc2)CC1c1ccco1)C(=O)C1CC1. The number of nitrogens with zero attached hydrogens (tertiary/aromatic N) is 4. The summed E-state index contributed by atoms with van der Waals surface area (Å²) in [5.41, 5.74) is 1.32. The Labute approximate surface area is 166 Å². The van der Waals surface area contributed by atoms with Crippen molar-refractivity contribution in [1.29, 1.82) is 0 Å². The van der Waals surface area contributed by atoms with Crippen LogP contribution in [0.15, 0.2) is 52.2 Å². The summed E-state index contributed by atoms with van der Waals surface area (Å²) in [7, 11) is 1.62. The fourth-order valence-corrected chi connectivity index (χ4v) is 3.39. The minimum Gasteiger partial charge on any atom is -0.467 e. The van der Waals surface area contributed by atoms with E-state index in [4.69, 9.17) is 4.42 Å². The van der Waals surface area contributed by atoms with Gasteiger partial charge in [0.2, 0.25) is 5.91 Å². The van der Waals surface area contributed by atoms with Crippen molar-refractivity contribution in [2.24, 2.45) is 11.0 Å². The molecular weight excluding hydrogens is 376 g/mol. The molecule has 9 heteroatoms. The number of hydrogen-bond acceptors (Lipinski definition) is 6. The Kier molecular flexibility index (Phi) is 4.87. The molecule has 150 valence electrons. The van der Waals surface area contributed by atoms with E-state index in [0.717, 1.165) is 12.8 Å². The topological polar surface area (TPSA) is 109 Å². The summed E-state index contributed by atoms with van der Waals surface area (Å²) in [4.78, 5) is 37.0. The van der Waals surface area contributed by atoms with Gasteiger partial charge in [-0.3, -0.25) is 19.7 Å². The molecule has 2 heterocycles. The van der Waals surface area contributed by atoms with Crippen molar-refractivity contribution in [3.8, 4) is 0 Å². The number of non-ortho nitro benzene ring substituents is 1. The van der Waals surface area contributed by atoms with E-state index >= 15 is 0 Å². The van der Waals surface area contributed by atoms with Crippen LogP contribution in [0.3, 0.4) is 0 Å². The molecule has 2 amide bonds. The Bertz CT molecular complexity index is 963. The third-order valence-corrected chi connectivity index (χ3v) is 5.12. The molecule has 0 radical (unpaired) electrons. The predicted molar refractivity (Wildman–Crippen MR) is 103 cm³/mol. The molecule has 0 N–H and O–H groups in total. The normalized spacial score (nSPS) is 18.4. The number of hydrogen-bond donors (Lipinski definition) is 0. The molecule has 29 heavy (non-hydrogen) atoms. The van der Waals surface area contributed by atoms with Gasteiger partial charge in [0.1, 0.15) is 18.3 Å². The zero-order valence-corrected chi connectivity index (χ0v) is 15.9. The maximum Gasteiger partial charge on any atom is 0.269 e. The molecule has 0 bridgehead atoms. The van der Waals surface area contributed by atoms with Gasteiger partial charge in [0.05, 0.1) is 16.9 Å². The lowest BCUT2D eigenvalue weighted by atomic mass is 10.0. The molecule has 1 aromatic carbocycles. The summed E-state index contributed by atoms with van der Waals surface area (Å²) in [6.07, 6.45) is 3.69. The fraction of sp³-hybridized carbons (Fsp3) is 0.350. The highest BCUT2D eigenvalue weighted by Crippen LogP contribution is 2.34. The van der Waals surface area contributed by atoms with E-state index in [9.17, 15) is 19.7 Å². The summed E-state index contributed by atoms with van der Waals surface area (Å²) < 4.78 is 5.50. The Morgan fingerprint density at radius 1 is 1.28 bits per heavy atom.